The van der Waals surface area contributed by atoms with Gasteiger partial charge in [0.05, 0.1) is 5.60 Å². The van der Waals surface area contributed by atoms with Crippen molar-refractivity contribution < 1.29 is 4.74 Å². The van der Waals surface area contributed by atoms with Crippen LogP contribution in [0.5, 0.6) is 0 Å². The van der Waals surface area contributed by atoms with Crippen LogP contribution in [0, 0.1) is 22.7 Å². The van der Waals surface area contributed by atoms with Crippen molar-refractivity contribution in [2.45, 2.75) is 71.8 Å². The zero-order valence-electron chi connectivity index (χ0n) is 12.0. The average Bonchev–Trinajstić information content (AvgIpc) is 2.60. The Hall–Kier alpha value is -0.0400. The van der Waals surface area contributed by atoms with E-state index in [4.69, 9.17) is 4.74 Å². The fourth-order valence-corrected chi connectivity index (χ4v) is 5.82. The lowest BCUT2D eigenvalue weighted by Gasteiger charge is -2.60. The summed E-state index contributed by atoms with van der Waals surface area (Å²) in [7, 11) is 0. The molecule has 0 aromatic carbocycles. The van der Waals surface area contributed by atoms with Gasteiger partial charge in [-0.15, -0.1) is 0 Å². The molecule has 98 valence electrons. The molecule has 0 aromatic heterocycles. The first-order valence-corrected chi connectivity index (χ1v) is 7.52. The van der Waals surface area contributed by atoms with E-state index >= 15 is 0 Å². The summed E-state index contributed by atoms with van der Waals surface area (Å²) in [5.74, 6) is 1.73. The van der Waals surface area contributed by atoms with Crippen LogP contribution in [0.3, 0.4) is 0 Å². The maximum absolute atomic E-state index is 6.13. The van der Waals surface area contributed by atoms with Gasteiger partial charge in [0, 0.05) is 6.61 Å². The molecule has 0 N–H and O–H groups in total. The zero-order chi connectivity index (χ0) is 12.3. The summed E-state index contributed by atoms with van der Waals surface area (Å²) in [4.78, 5) is 0. The van der Waals surface area contributed by atoms with E-state index in [0.717, 1.165) is 18.4 Å². The molecule has 0 spiro atoms. The monoisotopic (exact) mass is 236 g/mol. The van der Waals surface area contributed by atoms with E-state index in [1.165, 1.54) is 38.5 Å². The molecule has 3 rings (SSSR count). The molecule has 1 heterocycles. The third-order valence-corrected chi connectivity index (χ3v) is 6.58. The summed E-state index contributed by atoms with van der Waals surface area (Å²) >= 11 is 0. The van der Waals surface area contributed by atoms with Crippen LogP contribution in [0.4, 0.5) is 0 Å². The maximum Gasteiger partial charge on any atom is 0.0688 e. The highest BCUT2D eigenvalue weighted by Crippen LogP contribution is 2.64. The Labute approximate surface area is 106 Å². The molecular weight excluding hydrogens is 208 g/mol. The van der Waals surface area contributed by atoms with E-state index in [9.17, 15) is 0 Å². The van der Waals surface area contributed by atoms with E-state index in [0.29, 0.717) is 10.8 Å². The first kappa shape index (κ1) is 12.0. The Bertz CT molecular complexity index is 317. The minimum absolute atomic E-state index is 0.207. The topological polar surface area (TPSA) is 9.23 Å². The number of rotatable bonds is 0. The smallest absolute Gasteiger partial charge is 0.0688 e. The normalized spacial score (nSPS) is 52.9. The van der Waals surface area contributed by atoms with Crippen LogP contribution in [-0.4, -0.2) is 12.2 Å². The molecule has 4 atom stereocenters. The van der Waals surface area contributed by atoms with Crippen molar-refractivity contribution in [2.24, 2.45) is 22.7 Å². The summed E-state index contributed by atoms with van der Waals surface area (Å²) in [6.07, 6.45) is 8.27. The molecular formula is C16H28O. The predicted molar refractivity (Wildman–Crippen MR) is 70.9 cm³/mol. The molecule has 0 amide bonds. The van der Waals surface area contributed by atoms with Gasteiger partial charge >= 0.3 is 0 Å². The van der Waals surface area contributed by atoms with Crippen LogP contribution >= 0.6 is 0 Å². The second kappa shape index (κ2) is 3.50. The third-order valence-electron chi connectivity index (χ3n) is 6.58. The number of ether oxygens (including phenoxy) is 1. The van der Waals surface area contributed by atoms with Gasteiger partial charge in [0.25, 0.3) is 0 Å². The zero-order valence-corrected chi connectivity index (χ0v) is 12.0. The van der Waals surface area contributed by atoms with Gasteiger partial charge in [-0.2, -0.15) is 0 Å². The average molecular weight is 236 g/mol. The van der Waals surface area contributed by atoms with Crippen molar-refractivity contribution in [2.75, 3.05) is 6.61 Å². The van der Waals surface area contributed by atoms with E-state index in [1.807, 2.05) is 0 Å². The van der Waals surface area contributed by atoms with Crippen LogP contribution in [-0.2, 0) is 4.74 Å². The molecule has 0 unspecified atom stereocenters. The summed E-state index contributed by atoms with van der Waals surface area (Å²) in [6, 6.07) is 0. The molecule has 1 heteroatoms. The van der Waals surface area contributed by atoms with Crippen molar-refractivity contribution in [1.82, 2.24) is 0 Å². The van der Waals surface area contributed by atoms with Gasteiger partial charge in [0.15, 0.2) is 0 Å². The van der Waals surface area contributed by atoms with E-state index in [-0.39, 0.29) is 5.60 Å². The second-order valence-electron chi connectivity index (χ2n) is 7.94. The van der Waals surface area contributed by atoms with Crippen molar-refractivity contribution in [3.05, 3.63) is 0 Å². The van der Waals surface area contributed by atoms with Gasteiger partial charge in [0.1, 0.15) is 0 Å². The highest BCUT2D eigenvalue weighted by Gasteiger charge is 2.60. The SMILES string of the molecule is CC1(C)CCC[C@@]2(C)[C@H]1CC[C@@]1(C)OCC[C@@H]21. The Morgan fingerprint density at radius 1 is 0.882 bits per heavy atom. The first-order chi connectivity index (χ1) is 7.89. The fourth-order valence-electron chi connectivity index (χ4n) is 5.82. The molecule has 17 heavy (non-hydrogen) atoms. The van der Waals surface area contributed by atoms with Crippen molar-refractivity contribution in [3.8, 4) is 0 Å². The van der Waals surface area contributed by atoms with Crippen molar-refractivity contribution in [1.29, 1.82) is 0 Å². The minimum Gasteiger partial charge on any atom is -0.375 e. The Kier molecular flexibility index (Phi) is 2.47. The van der Waals surface area contributed by atoms with Crippen molar-refractivity contribution in [3.63, 3.8) is 0 Å². The summed E-state index contributed by atoms with van der Waals surface area (Å²) in [5.41, 5.74) is 1.31. The van der Waals surface area contributed by atoms with E-state index in [1.54, 1.807) is 0 Å². The molecule has 3 fully saturated rings. The lowest BCUT2D eigenvalue weighted by Crippen LogP contribution is -2.55. The third kappa shape index (κ3) is 1.54. The van der Waals surface area contributed by atoms with Crippen LogP contribution < -0.4 is 0 Å². The number of hydrogen-bond acceptors (Lipinski definition) is 1. The Morgan fingerprint density at radius 3 is 2.41 bits per heavy atom. The largest absolute Gasteiger partial charge is 0.375 e. The lowest BCUT2D eigenvalue weighted by molar-refractivity contribution is -0.147. The fraction of sp³-hybridized carbons (Fsp3) is 1.00. The first-order valence-electron chi connectivity index (χ1n) is 7.52. The van der Waals surface area contributed by atoms with E-state index in [2.05, 4.69) is 27.7 Å². The predicted octanol–water partition coefficient (Wildman–Crippen LogP) is 4.41. The van der Waals surface area contributed by atoms with Crippen LogP contribution in [0.15, 0.2) is 0 Å². The molecule has 1 aliphatic heterocycles. The molecule has 0 aromatic rings. The van der Waals surface area contributed by atoms with E-state index < -0.39 is 0 Å². The molecule has 3 aliphatic rings. The van der Waals surface area contributed by atoms with Crippen LogP contribution in [0.2, 0.25) is 0 Å². The van der Waals surface area contributed by atoms with Crippen LogP contribution in [0.1, 0.15) is 66.2 Å². The molecule has 1 saturated heterocycles. The van der Waals surface area contributed by atoms with Gasteiger partial charge in [-0.3, -0.25) is 0 Å². The summed E-state index contributed by atoms with van der Waals surface area (Å²) in [6.45, 7) is 11.0. The van der Waals surface area contributed by atoms with Crippen molar-refractivity contribution >= 4 is 0 Å². The van der Waals surface area contributed by atoms with Gasteiger partial charge in [0.2, 0.25) is 0 Å². The lowest BCUT2D eigenvalue weighted by atomic mass is 9.46. The Morgan fingerprint density at radius 2 is 1.65 bits per heavy atom. The van der Waals surface area contributed by atoms with Gasteiger partial charge < -0.3 is 4.74 Å². The molecule has 0 bridgehead atoms. The molecule has 1 nitrogen and oxygen atoms in total. The molecule has 0 radical (unpaired) electrons. The summed E-state index contributed by atoms with van der Waals surface area (Å²) in [5, 5.41) is 0. The number of fused-ring (bicyclic) bond motifs is 3. The maximum atomic E-state index is 6.13. The summed E-state index contributed by atoms with van der Waals surface area (Å²) < 4.78 is 6.13. The molecule has 2 saturated carbocycles. The van der Waals surface area contributed by atoms with Gasteiger partial charge in [-0.25, -0.2) is 0 Å². The van der Waals surface area contributed by atoms with Crippen LogP contribution in [0.25, 0.3) is 0 Å². The molecule has 2 aliphatic carbocycles. The highest BCUT2D eigenvalue weighted by molar-refractivity contribution is 5.09. The minimum atomic E-state index is 0.207. The quantitative estimate of drug-likeness (QED) is 0.605. The van der Waals surface area contributed by atoms with Gasteiger partial charge in [-0.05, 0) is 61.7 Å². The second-order valence-corrected chi connectivity index (χ2v) is 7.94. The Balaban J connectivity index is 1.98. The highest BCUT2D eigenvalue weighted by atomic mass is 16.5. The standard InChI is InChI=1S/C16H28O/c1-14(2)8-5-9-15(3)12(14)6-10-16(4)13(15)7-11-17-16/h12-13H,5-11H2,1-4H3/t12-,13-,15-,16+/m0/s1. The van der Waals surface area contributed by atoms with Gasteiger partial charge in [-0.1, -0.05) is 27.2 Å². The number of hydrogen-bond donors (Lipinski definition) is 0.